The van der Waals surface area contributed by atoms with Crippen LogP contribution in [-0.2, 0) is 6.54 Å². The van der Waals surface area contributed by atoms with Crippen LogP contribution >= 0.6 is 22.6 Å². The standard InChI is InChI=1S/C11H12IN3/c1-3-15-8(2)10(12)11(14-15)9-4-6-13-7-5-9/h4-7H,3H2,1-2H3. The minimum Gasteiger partial charge on any atom is -0.268 e. The van der Waals surface area contributed by atoms with E-state index >= 15 is 0 Å². The number of aryl methyl sites for hydroxylation is 1. The topological polar surface area (TPSA) is 30.7 Å². The quantitative estimate of drug-likeness (QED) is 0.798. The van der Waals surface area contributed by atoms with Gasteiger partial charge in [0.05, 0.1) is 3.57 Å². The van der Waals surface area contributed by atoms with Gasteiger partial charge in [-0.05, 0) is 48.6 Å². The number of pyridine rings is 1. The second kappa shape index (κ2) is 4.30. The zero-order valence-corrected chi connectivity index (χ0v) is 10.9. The van der Waals surface area contributed by atoms with E-state index in [0.717, 1.165) is 17.8 Å². The largest absolute Gasteiger partial charge is 0.268 e. The molecule has 3 nitrogen and oxygen atoms in total. The van der Waals surface area contributed by atoms with Crippen molar-refractivity contribution in [2.45, 2.75) is 20.4 Å². The Bertz CT molecular complexity index is 462. The smallest absolute Gasteiger partial charge is 0.106 e. The summed E-state index contributed by atoms with van der Waals surface area (Å²) < 4.78 is 3.25. The molecule has 78 valence electrons. The maximum atomic E-state index is 4.58. The molecule has 2 heterocycles. The predicted molar refractivity (Wildman–Crippen MR) is 68.6 cm³/mol. The molecule has 15 heavy (non-hydrogen) atoms. The summed E-state index contributed by atoms with van der Waals surface area (Å²) in [5.41, 5.74) is 3.41. The Kier molecular flexibility index (Phi) is 3.04. The van der Waals surface area contributed by atoms with Gasteiger partial charge in [0, 0.05) is 30.2 Å². The Hall–Kier alpha value is -0.910. The fraction of sp³-hybridized carbons (Fsp3) is 0.273. The molecular weight excluding hydrogens is 301 g/mol. The van der Waals surface area contributed by atoms with Crippen LogP contribution in [0.4, 0.5) is 0 Å². The number of halogens is 1. The van der Waals surface area contributed by atoms with Crippen molar-refractivity contribution in [3.8, 4) is 11.3 Å². The molecule has 4 heteroatoms. The fourth-order valence-corrected chi connectivity index (χ4v) is 2.22. The van der Waals surface area contributed by atoms with Gasteiger partial charge in [0.2, 0.25) is 0 Å². The van der Waals surface area contributed by atoms with Crippen LogP contribution in [0.3, 0.4) is 0 Å². The van der Waals surface area contributed by atoms with Gasteiger partial charge in [-0.15, -0.1) is 0 Å². The van der Waals surface area contributed by atoms with E-state index in [-0.39, 0.29) is 0 Å². The monoisotopic (exact) mass is 313 g/mol. The summed E-state index contributed by atoms with van der Waals surface area (Å²) in [5, 5.41) is 4.58. The van der Waals surface area contributed by atoms with E-state index in [4.69, 9.17) is 0 Å². The van der Waals surface area contributed by atoms with Crippen LogP contribution in [0.2, 0.25) is 0 Å². The van der Waals surface area contributed by atoms with Gasteiger partial charge in [0.25, 0.3) is 0 Å². The van der Waals surface area contributed by atoms with E-state index in [9.17, 15) is 0 Å². The lowest BCUT2D eigenvalue weighted by atomic mass is 10.2. The maximum absolute atomic E-state index is 4.58. The van der Waals surface area contributed by atoms with Crippen molar-refractivity contribution in [3.63, 3.8) is 0 Å². The highest BCUT2D eigenvalue weighted by atomic mass is 127. The van der Waals surface area contributed by atoms with Crippen molar-refractivity contribution < 1.29 is 0 Å². The maximum Gasteiger partial charge on any atom is 0.106 e. The third kappa shape index (κ3) is 1.90. The molecule has 0 aliphatic heterocycles. The van der Waals surface area contributed by atoms with Crippen LogP contribution in [0, 0.1) is 10.5 Å². The zero-order chi connectivity index (χ0) is 10.8. The average molecular weight is 313 g/mol. The molecule has 0 saturated carbocycles. The SMILES string of the molecule is CCn1nc(-c2ccncc2)c(I)c1C. The molecule has 0 aliphatic rings. The van der Waals surface area contributed by atoms with Crippen LogP contribution in [0.25, 0.3) is 11.3 Å². The first-order valence-electron chi connectivity index (χ1n) is 4.87. The van der Waals surface area contributed by atoms with E-state index in [1.54, 1.807) is 12.4 Å². The summed E-state index contributed by atoms with van der Waals surface area (Å²) in [6.45, 7) is 5.11. The Labute approximate surface area is 103 Å². The number of aromatic nitrogens is 3. The zero-order valence-electron chi connectivity index (χ0n) is 8.74. The first-order chi connectivity index (χ1) is 7.24. The number of hydrogen-bond acceptors (Lipinski definition) is 2. The van der Waals surface area contributed by atoms with Crippen molar-refractivity contribution >= 4 is 22.6 Å². The molecule has 2 rings (SSSR count). The summed E-state index contributed by atoms with van der Waals surface area (Å²) in [4.78, 5) is 4.01. The number of rotatable bonds is 2. The highest BCUT2D eigenvalue weighted by molar-refractivity contribution is 14.1. The lowest BCUT2D eigenvalue weighted by Crippen LogP contribution is -1.98. The number of hydrogen-bond donors (Lipinski definition) is 0. The van der Waals surface area contributed by atoms with Gasteiger partial charge in [-0.2, -0.15) is 5.10 Å². The van der Waals surface area contributed by atoms with E-state index in [2.05, 4.69) is 46.5 Å². The van der Waals surface area contributed by atoms with Crippen LogP contribution in [0.15, 0.2) is 24.5 Å². The Morgan fingerprint density at radius 3 is 2.53 bits per heavy atom. The van der Waals surface area contributed by atoms with E-state index < -0.39 is 0 Å². The summed E-state index contributed by atoms with van der Waals surface area (Å²) >= 11 is 2.35. The van der Waals surface area contributed by atoms with Gasteiger partial charge in [-0.25, -0.2) is 0 Å². The lowest BCUT2D eigenvalue weighted by molar-refractivity contribution is 0.641. The molecule has 0 bridgehead atoms. The molecule has 0 fully saturated rings. The summed E-state index contributed by atoms with van der Waals surface area (Å²) in [6, 6.07) is 3.98. The minimum absolute atomic E-state index is 0.910. The number of nitrogens with zero attached hydrogens (tertiary/aromatic N) is 3. The Morgan fingerprint density at radius 2 is 2.00 bits per heavy atom. The van der Waals surface area contributed by atoms with Crippen molar-refractivity contribution in [2.24, 2.45) is 0 Å². The van der Waals surface area contributed by atoms with Crippen molar-refractivity contribution in [1.82, 2.24) is 14.8 Å². The van der Waals surface area contributed by atoms with Crippen molar-refractivity contribution in [2.75, 3.05) is 0 Å². The molecule has 0 amide bonds. The van der Waals surface area contributed by atoms with E-state index in [0.29, 0.717) is 0 Å². The first-order valence-corrected chi connectivity index (χ1v) is 5.95. The highest BCUT2D eigenvalue weighted by Gasteiger charge is 2.12. The molecular formula is C11H12IN3. The third-order valence-corrected chi connectivity index (χ3v) is 3.68. The summed E-state index contributed by atoms with van der Waals surface area (Å²) in [6.07, 6.45) is 3.59. The van der Waals surface area contributed by atoms with Crippen molar-refractivity contribution in [1.29, 1.82) is 0 Å². The van der Waals surface area contributed by atoms with Crippen LogP contribution in [0.1, 0.15) is 12.6 Å². The average Bonchev–Trinajstić information content (AvgIpc) is 2.57. The fourth-order valence-electron chi connectivity index (χ4n) is 1.53. The lowest BCUT2D eigenvalue weighted by Gasteiger charge is -1.96. The molecule has 0 atom stereocenters. The van der Waals surface area contributed by atoms with Gasteiger partial charge in [-0.3, -0.25) is 9.67 Å². The molecule has 0 N–H and O–H groups in total. The summed E-state index contributed by atoms with van der Waals surface area (Å²) in [7, 11) is 0. The second-order valence-corrected chi connectivity index (χ2v) is 4.38. The molecule has 2 aromatic rings. The predicted octanol–water partition coefficient (Wildman–Crippen LogP) is 2.88. The first kappa shape index (κ1) is 10.6. The van der Waals surface area contributed by atoms with Crippen molar-refractivity contribution in [3.05, 3.63) is 33.8 Å². The van der Waals surface area contributed by atoms with Crippen LogP contribution in [-0.4, -0.2) is 14.8 Å². The van der Waals surface area contributed by atoms with Gasteiger partial charge in [0.15, 0.2) is 0 Å². The summed E-state index contributed by atoms with van der Waals surface area (Å²) in [5.74, 6) is 0. The van der Waals surface area contributed by atoms with E-state index in [1.807, 2.05) is 16.8 Å². The molecule has 0 saturated heterocycles. The van der Waals surface area contributed by atoms with Gasteiger partial charge in [0.1, 0.15) is 5.69 Å². The Morgan fingerprint density at radius 1 is 1.33 bits per heavy atom. The second-order valence-electron chi connectivity index (χ2n) is 3.30. The molecule has 0 aromatic carbocycles. The third-order valence-electron chi connectivity index (χ3n) is 2.39. The normalized spacial score (nSPS) is 10.6. The van der Waals surface area contributed by atoms with Crippen LogP contribution < -0.4 is 0 Å². The molecule has 0 radical (unpaired) electrons. The Balaban J connectivity index is 2.55. The minimum atomic E-state index is 0.910. The van der Waals surface area contributed by atoms with E-state index in [1.165, 1.54) is 9.26 Å². The highest BCUT2D eigenvalue weighted by Crippen LogP contribution is 2.25. The molecule has 2 aromatic heterocycles. The van der Waals surface area contributed by atoms with Gasteiger partial charge < -0.3 is 0 Å². The molecule has 0 unspecified atom stereocenters. The van der Waals surface area contributed by atoms with Crippen LogP contribution in [0.5, 0.6) is 0 Å². The van der Waals surface area contributed by atoms with Gasteiger partial charge in [-0.1, -0.05) is 0 Å². The molecule has 0 aliphatic carbocycles. The van der Waals surface area contributed by atoms with Gasteiger partial charge >= 0.3 is 0 Å². The molecule has 0 spiro atoms.